The van der Waals surface area contributed by atoms with Crippen molar-refractivity contribution in [1.82, 2.24) is 9.80 Å². The first kappa shape index (κ1) is 32.1. The van der Waals surface area contributed by atoms with Crippen LogP contribution >= 0.6 is 0 Å². The predicted octanol–water partition coefficient (Wildman–Crippen LogP) is 5.88. The molecule has 0 saturated heterocycles. The van der Waals surface area contributed by atoms with E-state index in [2.05, 4.69) is 16.0 Å². The number of likely N-dealkylation sites (N-methyl/N-ethyl adjacent to an activating group) is 1. The molecule has 0 saturated carbocycles. The number of anilines is 3. The van der Waals surface area contributed by atoms with Crippen molar-refractivity contribution in [3.8, 4) is 11.5 Å². The SMILES string of the molecule is COc1ccc(NC(=O)Nc2cccc3c2O[C@@H](CN(C)C(=O)Nc2cccc4ccccc24)[C@H](C)CN([C@@H](C)CO)C3=O)cc1. The minimum Gasteiger partial charge on any atom is -0.497 e. The number of fused-ring (bicyclic) bond motifs is 2. The van der Waals surface area contributed by atoms with E-state index in [9.17, 15) is 19.5 Å². The van der Waals surface area contributed by atoms with Crippen molar-refractivity contribution < 1.29 is 29.0 Å². The van der Waals surface area contributed by atoms with Gasteiger partial charge in [0.05, 0.1) is 43.2 Å². The molecule has 240 valence electrons. The van der Waals surface area contributed by atoms with E-state index in [4.69, 9.17) is 9.47 Å². The van der Waals surface area contributed by atoms with Crippen LogP contribution in [0.25, 0.3) is 10.8 Å². The van der Waals surface area contributed by atoms with Crippen LogP contribution in [0, 0.1) is 5.92 Å². The number of urea groups is 2. The van der Waals surface area contributed by atoms with Crippen LogP contribution in [0.5, 0.6) is 11.5 Å². The van der Waals surface area contributed by atoms with E-state index in [0.29, 0.717) is 23.7 Å². The fourth-order valence-corrected chi connectivity index (χ4v) is 5.42. The van der Waals surface area contributed by atoms with Gasteiger partial charge in [0.2, 0.25) is 0 Å². The van der Waals surface area contributed by atoms with E-state index in [-0.39, 0.29) is 48.0 Å². The molecule has 11 nitrogen and oxygen atoms in total. The number of hydrogen-bond acceptors (Lipinski definition) is 6. The van der Waals surface area contributed by atoms with Crippen molar-refractivity contribution in [3.63, 3.8) is 0 Å². The molecule has 0 spiro atoms. The maximum atomic E-state index is 13.8. The number of rotatable bonds is 8. The number of amides is 5. The van der Waals surface area contributed by atoms with Crippen molar-refractivity contribution in [2.75, 3.05) is 49.8 Å². The average molecular weight is 626 g/mol. The molecule has 5 rings (SSSR count). The van der Waals surface area contributed by atoms with Crippen LogP contribution in [0.2, 0.25) is 0 Å². The Bertz CT molecular complexity index is 1710. The highest BCUT2D eigenvalue weighted by molar-refractivity contribution is 6.04. The predicted molar refractivity (Wildman–Crippen MR) is 179 cm³/mol. The van der Waals surface area contributed by atoms with Crippen LogP contribution in [0.1, 0.15) is 24.2 Å². The van der Waals surface area contributed by atoms with Gasteiger partial charge in [-0.3, -0.25) is 4.79 Å². The number of para-hydroxylation sites is 1. The molecular formula is C35H39N5O6. The molecule has 46 heavy (non-hydrogen) atoms. The standard InChI is InChI=1S/C35H39N5O6/c1-22-19-40(23(2)21-41)33(42)28-12-8-14-30(37-34(43)36-25-15-17-26(45-4)18-16-25)32(28)46-31(22)20-39(3)35(44)38-29-13-7-10-24-9-5-6-11-27(24)29/h5-18,22-23,31,41H,19-21H2,1-4H3,(H,38,44)(H2,36,37,43)/t22-,23+,31+/m1/s1. The Morgan fingerprint density at radius 2 is 1.67 bits per heavy atom. The quantitative estimate of drug-likeness (QED) is 0.194. The molecule has 0 aliphatic carbocycles. The number of aliphatic hydroxyl groups is 1. The summed E-state index contributed by atoms with van der Waals surface area (Å²) < 4.78 is 11.7. The Balaban J connectivity index is 1.40. The number of carbonyl (C=O) groups excluding carboxylic acids is 3. The number of benzene rings is 4. The summed E-state index contributed by atoms with van der Waals surface area (Å²) in [5, 5.41) is 20.5. The molecule has 0 radical (unpaired) electrons. The van der Waals surface area contributed by atoms with Crippen LogP contribution in [-0.4, -0.2) is 78.9 Å². The van der Waals surface area contributed by atoms with Crippen LogP contribution in [0.15, 0.2) is 84.9 Å². The number of ether oxygens (including phenoxy) is 2. The third-order valence-corrected chi connectivity index (χ3v) is 8.12. The molecule has 4 aromatic rings. The Labute approximate surface area is 268 Å². The largest absolute Gasteiger partial charge is 0.497 e. The van der Waals surface area contributed by atoms with Gasteiger partial charge in [0, 0.05) is 30.6 Å². The summed E-state index contributed by atoms with van der Waals surface area (Å²) in [7, 11) is 3.24. The second-order valence-corrected chi connectivity index (χ2v) is 11.4. The minimum absolute atomic E-state index is 0.180. The third kappa shape index (κ3) is 7.16. The Morgan fingerprint density at radius 3 is 2.41 bits per heavy atom. The fraction of sp³-hybridized carbons (Fsp3) is 0.286. The molecule has 1 aliphatic heterocycles. The number of nitrogens with one attached hydrogen (secondary N) is 3. The Kier molecular flexibility index (Phi) is 9.92. The summed E-state index contributed by atoms with van der Waals surface area (Å²) >= 11 is 0. The van der Waals surface area contributed by atoms with E-state index < -0.39 is 18.2 Å². The van der Waals surface area contributed by atoms with Crippen LogP contribution in [-0.2, 0) is 0 Å². The first-order valence-corrected chi connectivity index (χ1v) is 15.1. The lowest BCUT2D eigenvalue weighted by atomic mass is 9.99. The third-order valence-electron chi connectivity index (χ3n) is 8.12. The summed E-state index contributed by atoms with van der Waals surface area (Å²) in [5.74, 6) is 0.259. The normalized spacial score (nSPS) is 16.7. The monoisotopic (exact) mass is 625 g/mol. The van der Waals surface area contributed by atoms with E-state index in [1.807, 2.05) is 49.4 Å². The van der Waals surface area contributed by atoms with Gasteiger partial charge in [-0.2, -0.15) is 0 Å². The molecule has 4 aromatic carbocycles. The molecular weight excluding hydrogens is 586 g/mol. The van der Waals surface area contributed by atoms with E-state index >= 15 is 0 Å². The molecule has 3 atom stereocenters. The smallest absolute Gasteiger partial charge is 0.323 e. The van der Waals surface area contributed by atoms with Gasteiger partial charge in [0.15, 0.2) is 5.75 Å². The number of nitrogens with zero attached hydrogens (tertiary/aromatic N) is 2. The maximum absolute atomic E-state index is 13.8. The topological polar surface area (TPSA) is 132 Å². The number of hydrogen-bond donors (Lipinski definition) is 4. The molecule has 0 bridgehead atoms. The summed E-state index contributed by atoms with van der Waals surface area (Å²) in [6, 6.07) is 24.0. The number of aliphatic hydroxyl groups excluding tert-OH is 1. The Hall–Kier alpha value is -5.29. The zero-order valence-electron chi connectivity index (χ0n) is 26.3. The van der Waals surface area contributed by atoms with Gasteiger partial charge in [-0.15, -0.1) is 0 Å². The highest BCUT2D eigenvalue weighted by Crippen LogP contribution is 2.35. The van der Waals surface area contributed by atoms with Gasteiger partial charge >= 0.3 is 12.1 Å². The molecule has 0 unspecified atom stereocenters. The van der Waals surface area contributed by atoms with Gasteiger partial charge in [0.1, 0.15) is 11.9 Å². The molecule has 1 aliphatic rings. The Morgan fingerprint density at radius 1 is 0.978 bits per heavy atom. The highest BCUT2D eigenvalue weighted by atomic mass is 16.5. The molecule has 11 heteroatoms. The van der Waals surface area contributed by atoms with Crippen molar-refractivity contribution in [3.05, 3.63) is 90.5 Å². The lowest BCUT2D eigenvalue weighted by molar-refractivity contribution is 0.0373. The second kappa shape index (κ2) is 14.2. The van der Waals surface area contributed by atoms with Crippen LogP contribution in [0.4, 0.5) is 26.7 Å². The van der Waals surface area contributed by atoms with Gasteiger partial charge in [-0.1, -0.05) is 49.4 Å². The minimum atomic E-state index is -0.573. The van der Waals surface area contributed by atoms with Crippen LogP contribution < -0.4 is 25.4 Å². The van der Waals surface area contributed by atoms with Gasteiger partial charge < -0.3 is 40.3 Å². The van der Waals surface area contributed by atoms with Crippen molar-refractivity contribution >= 4 is 45.8 Å². The maximum Gasteiger partial charge on any atom is 0.323 e. The lowest BCUT2D eigenvalue weighted by Gasteiger charge is -2.38. The second-order valence-electron chi connectivity index (χ2n) is 11.4. The number of methoxy groups -OCH3 is 1. The fourth-order valence-electron chi connectivity index (χ4n) is 5.42. The van der Waals surface area contributed by atoms with Gasteiger partial charge in [-0.25, -0.2) is 9.59 Å². The van der Waals surface area contributed by atoms with E-state index in [1.165, 1.54) is 4.90 Å². The first-order valence-electron chi connectivity index (χ1n) is 15.1. The molecule has 5 amide bonds. The van der Waals surface area contributed by atoms with Crippen molar-refractivity contribution in [2.24, 2.45) is 5.92 Å². The summed E-state index contributed by atoms with van der Waals surface area (Å²) in [6.07, 6.45) is -0.573. The average Bonchev–Trinajstić information content (AvgIpc) is 3.06. The van der Waals surface area contributed by atoms with Crippen molar-refractivity contribution in [1.29, 1.82) is 0 Å². The molecule has 1 heterocycles. The summed E-state index contributed by atoms with van der Waals surface area (Å²) in [4.78, 5) is 43.4. The lowest BCUT2D eigenvalue weighted by Crippen LogP contribution is -2.50. The summed E-state index contributed by atoms with van der Waals surface area (Å²) in [6.45, 7) is 3.95. The van der Waals surface area contributed by atoms with Gasteiger partial charge in [0.25, 0.3) is 5.91 Å². The van der Waals surface area contributed by atoms with Gasteiger partial charge in [-0.05, 0) is 54.8 Å². The number of carbonyl (C=O) groups is 3. The molecule has 0 fully saturated rings. The zero-order chi connectivity index (χ0) is 32.8. The zero-order valence-corrected chi connectivity index (χ0v) is 26.3. The van der Waals surface area contributed by atoms with Crippen molar-refractivity contribution in [2.45, 2.75) is 26.0 Å². The molecule has 4 N–H and O–H groups in total. The molecule has 0 aromatic heterocycles. The summed E-state index contributed by atoms with van der Waals surface area (Å²) in [5.41, 5.74) is 1.76. The van der Waals surface area contributed by atoms with E-state index in [1.54, 1.807) is 68.4 Å². The van der Waals surface area contributed by atoms with E-state index in [0.717, 1.165) is 10.8 Å². The van der Waals surface area contributed by atoms with Crippen LogP contribution in [0.3, 0.4) is 0 Å². The highest BCUT2D eigenvalue weighted by Gasteiger charge is 2.35. The first-order chi connectivity index (χ1) is 22.2.